The van der Waals surface area contributed by atoms with Crippen molar-refractivity contribution in [3.8, 4) is 0 Å². The van der Waals surface area contributed by atoms with Crippen LogP contribution in [-0.4, -0.2) is 50.2 Å². The average Bonchev–Trinajstić information content (AvgIpc) is 3.13. The Morgan fingerprint density at radius 3 is 2.62 bits per heavy atom. The minimum Gasteiger partial charge on any atom is -0.394 e. The van der Waals surface area contributed by atoms with Crippen molar-refractivity contribution in [1.82, 2.24) is 5.32 Å². The molecule has 0 aliphatic heterocycles. The van der Waals surface area contributed by atoms with Crippen LogP contribution in [0.5, 0.6) is 0 Å². The highest BCUT2D eigenvalue weighted by Gasteiger charge is 2.44. The summed E-state index contributed by atoms with van der Waals surface area (Å²) in [4.78, 5) is 0. The van der Waals surface area contributed by atoms with Crippen molar-refractivity contribution in [2.75, 3.05) is 33.5 Å². The third kappa shape index (κ3) is 3.70. The normalized spacial score (nSPS) is 21.8. The van der Waals surface area contributed by atoms with E-state index in [0.29, 0.717) is 25.7 Å². The van der Waals surface area contributed by atoms with E-state index in [1.54, 1.807) is 0 Å². The molecule has 0 bridgehead atoms. The zero-order chi connectivity index (χ0) is 12.0. The molecule has 1 fully saturated rings. The SMILES string of the molecule is CCOCC(C)OCC(CO)(NC)C1CC1. The predicted octanol–water partition coefficient (Wildman–Crippen LogP) is 0.788. The molecule has 0 aromatic heterocycles. The number of likely N-dealkylation sites (N-methyl/N-ethyl adjacent to an activating group) is 1. The first kappa shape index (κ1) is 13.9. The summed E-state index contributed by atoms with van der Waals surface area (Å²) in [5.74, 6) is 0.557. The molecule has 2 N–H and O–H groups in total. The highest BCUT2D eigenvalue weighted by atomic mass is 16.5. The zero-order valence-electron chi connectivity index (χ0n) is 10.7. The predicted molar refractivity (Wildman–Crippen MR) is 63.5 cm³/mol. The van der Waals surface area contributed by atoms with Crippen molar-refractivity contribution < 1.29 is 14.6 Å². The molecule has 0 spiro atoms. The van der Waals surface area contributed by atoms with Crippen LogP contribution in [0.25, 0.3) is 0 Å². The summed E-state index contributed by atoms with van der Waals surface area (Å²) < 4.78 is 11.0. The van der Waals surface area contributed by atoms with Crippen molar-refractivity contribution in [2.24, 2.45) is 5.92 Å². The number of aliphatic hydroxyl groups excluding tert-OH is 1. The van der Waals surface area contributed by atoms with Crippen LogP contribution in [0.3, 0.4) is 0 Å². The Hall–Kier alpha value is -0.160. The molecule has 16 heavy (non-hydrogen) atoms. The van der Waals surface area contributed by atoms with Crippen LogP contribution in [0.2, 0.25) is 0 Å². The lowest BCUT2D eigenvalue weighted by atomic mass is 9.95. The van der Waals surface area contributed by atoms with E-state index < -0.39 is 0 Å². The Labute approximate surface area is 98.3 Å². The topological polar surface area (TPSA) is 50.7 Å². The van der Waals surface area contributed by atoms with E-state index in [1.807, 2.05) is 20.9 Å². The Morgan fingerprint density at radius 1 is 1.50 bits per heavy atom. The van der Waals surface area contributed by atoms with Crippen LogP contribution < -0.4 is 5.32 Å². The summed E-state index contributed by atoms with van der Waals surface area (Å²) in [7, 11) is 1.89. The van der Waals surface area contributed by atoms with Gasteiger partial charge < -0.3 is 19.9 Å². The summed E-state index contributed by atoms with van der Waals surface area (Å²) >= 11 is 0. The first-order valence-corrected chi connectivity index (χ1v) is 6.17. The molecule has 0 amide bonds. The summed E-state index contributed by atoms with van der Waals surface area (Å²) in [5, 5.41) is 12.7. The molecular formula is C12H25NO3. The van der Waals surface area contributed by atoms with E-state index in [-0.39, 0.29) is 18.2 Å². The van der Waals surface area contributed by atoms with Crippen LogP contribution in [-0.2, 0) is 9.47 Å². The highest BCUT2D eigenvalue weighted by molar-refractivity contribution is 5.00. The molecule has 0 saturated heterocycles. The molecule has 1 aliphatic rings. The summed E-state index contributed by atoms with van der Waals surface area (Å²) in [6.45, 7) is 6.00. The highest BCUT2D eigenvalue weighted by Crippen LogP contribution is 2.39. The van der Waals surface area contributed by atoms with Crippen molar-refractivity contribution in [1.29, 1.82) is 0 Å². The maximum absolute atomic E-state index is 9.50. The minimum absolute atomic E-state index is 0.0815. The van der Waals surface area contributed by atoms with Crippen LogP contribution in [0, 0.1) is 5.92 Å². The number of hydrogen-bond donors (Lipinski definition) is 2. The van der Waals surface area contributed by atoms with E-state index >= 15 is 0 Å². The molecule has 1 aliphatic carbocycles. The van der Waals surface area contributed by atoms with Crippen LogP contribution in [0.15, 0.2) is 0 Å². The fraction of sp³-hybridized carbons (Fsp3) is 1.00. The van der Waals surface area contributed by atoms with Crippen LogP contribution >= 0.6 is 0 Å². The second kappa shape index (κ2) is 6.55. The van der Waals surface area contributed by atoms with Gasteiger partial charge in [-0.3, -0.25) is 0 Å². The lowest BCUT2D eigenvalue weighted by Crippen LogP contribution is -2.53. The van der Waals surface area contributed by atoms with E-state index in [1.165, 1.54) is 12.8 Å². The quantitative estimate of drug-likeness (QED) is 0.616. The molecule has 2 unspecified atom stereocenters. The first-order chi connectivity index (χ1) is 7.68. The third-order valence-corrected chi connectivity index (χ3v) is 3.32. The van der Waals surface area contributed by atoms with Gasteiger partial charge in [0, 0.05) is 6.61 Å². The molecule has 0 radical (unpaired) electrons. The van der Waals surface area contributed by atoms with Gasteiger partial charge >= 0.3 is 0 Å². The molecule has 1 rings (SSSR count). The summed E-state index contributed by atoms with van der Waals surface area (Å²) in [6.07, 6.45) is 2.45. The summed E-state index contributed by atoms with van der Waals surface area (Å²) in [6, 6.07) is 0. The third-order valence-electron chi connectivity index (χ3n) is 3.32. The largest absolute Gasteiger partial charge is 0.394 e. The van der Waals surface area contributed by atoms with E-state index in [2.05, 4.69) is 5.32 Å². The molecule has 0 heterocycles. The minimum atomic E-state index is -0.250. The van der Waals surface area contributed by atoms with Gasteiger partial charge in [0.15, 0.2) is 0 Å². The Bertz CT molecular complexity index is 191. The standard InChI is InChI=1S/C12H25NO3/c1-4-15-7-10(2)16-9-12(8-14,13-3)11-5-6-11/h10-11,13-14H,4-9H2,1-3H3. The number of nitrogens with one attached hydrogen (secondary N) is 1. The monoisotopic (exact) mass is 231 g/mol. The van der Waals surface area contributed by atoms with Crippen molar-refractivity contribution in [3.05, 3.63) is 0 Å². The van der Waals surface area contributed by atoms with E-state index in [0.717, 1.165) is 0 Å². The fourth-order valence-electron chi connectivity index (χ4n) is 1.91. The van der Waals surface area contributed by atoms with Gasteiger partial charge in [-0.2, -0.15) is 0 Å². The van der Waals surface area contributed by atoms with Crippen LogP contribution in [0.4, 0.5) is 0 Å². The maximum atomic E-state index is 9.50. The van der Waals surface area contributed by atoms with Crippen molar-refractivity contribution in [2.45, 2.75) is 38.3 Å². The van der Waals surface area contributed by atoms with Crippen LogP contribution in [0.1, 0.15) is 26.7 Å². The van der Waals surface area contributed by atoms with Gasteiger partial charge in [0.1, 0.15) is 0 Å². The second-order valence-electron chi connectivity index (χ2n) is 4.62. The second-order valence-corrected chi connectivity index (χ2v) is 4.62. The Balaban J connectivity index is 2.31. The number of ether oxygens (including phenoxy) is 2. The molecule has 4 heteroatoms. The number of rotatable bonds is 9. The van der Waals surface area contributed by atoms with Gasteiger partial charge in [-0.05, 0) is 39.7 Å². The van der Waals surface area contributed by atoms with Gasteiger partial charge in [0.25, 0.3) is 0 Å². The number of hydrogen-bond acceptors (Lipinski definition) is 4. The zero-order valence-corrected chi connectivity index (χ0v) is 10.7. The Morgan fingerprint density at radius 2 is 2.19 bits per heavy atom. The molecular weight excluding hydrogens is 206 g/mol. The Kier molecular flexibility index (Phi) is 5.69. The van der Waals surface area contributed by atoms with Crippen molar-refractivity contribution in [3.63, 3.8) is 0 Å². The molecule has 0 aromatic carbocycles. The smallest absolute Gasteiger partial charge is 0.0781 e. The van der Waals surface area contributed by atoms with Gasteiger partial charge in [-0.1, -0.05) is 0 Å². The first-order valence-electron chi connectivity index (χ1n) is 6.17. The fourth-order valence-corrected chi connectivity index (χ4v) is 1.91. The van der Waals surface area contributed by atoms with E-state index in [9.17, 15) is 5.11 Å². The summed E-state index contributed by atoms with van der Waals surface area (Å²) in [5.41, 5.74) is -0.250. The molecule has 96 valence electrons. The van der Waals surface area contributed by atoms with Gasteiger partial charge in [-0.25, -0.2) is 0 Å². The lowest BCUT2D eigenvalue weighted by Gasteiger charge is -2.32. The lowest BCUT2D eigenvalue weighted by molar-refractivity contribution is -0.0429. The maximum Gasteiger partial charge on any atom is 0.0781 e. The van der Waals surface area contributed by atoms with E-state index in [4.69, 9.17) is 9.47 Å². The van der Waals surface area contributed by atoms with Gasteiger partial charge in [0.05, 0.1) is 31.5 Å². The molecule has 0 aromatic rings. The average molecular weight is 231 g/mol. The van der Waals surface area contributed by atoms with Crippen molar-refractivity contribution >= 4 is 0 Å². The molecule has 1 saturated carbocycles. The molecule has 4 nitrogen and oxygen atoms in total. The van der Waals surface area contributed by atoms with Gasteiger partial charge in [0.2, 0.25) is 0 Å². The number of aliphatic hydroxyl groups is 1. The molecule has 2 atom stereocenters. The van der Waals surface area contributed by atoms with Gasteiger partial charge in [-0.15, -0.1) is 0 Å².